The molecule has 0 radical (unpaired) electrons. The molecule has 1 saturated heterocycles. The number of hydrogen-bond donors (Lipinski definition) is 1. The average molecular weight is 227 g/mol. The first-order chi connectivity index (χ1) is 7.31. The molecule has 0 saturated carbocycles. The lowest BCUT2D eigenvalue weighted by Crippen LogP contribution is -2.15. The first-order valence-corrected chi connectivity index (χ1v) is 6.27. The Hall–Kier alpha value is -0.450. The molecule has 2 rings (SSSR count). The van der Waals surface area contributed by atoms with Crippen molar-refractivity contribution < 1.29 is 9.84 Å². The Kier molecular flexibility index (Phi) is 3.72. The van der Waals surface area contributed by atoms with E-state index < -0.39 is 0 Å². The van der Waals surface area contributed by atoms with Crippen LogP contribution in [0.1, 0.15) is 41.5 Å². The van der Waals surface area contributed by atoms with Gasteiger partial charge in [-0.2, -0.15) is 0 Å². The van der Waals surface area contributed by atoms with Gasteiger partial charge in [0, 0.05) is 29.5 Å². The molecule has 0 amide bonds. The van der Waals surface area contributed by atoms with Gasteiger partial charge in [0.05, 0.1) is 18.2 Å². The fourth-order valence-corrected chi connectivity index (χ4v) is 2.82. The second-order valence-electron chi connectivity index (χ2n) is 4.10. The van der Waals surface area contributed by atoms with Crippen LogP contribution in [0.3, 0.4) is 0 Å². The monoisotopic (exact) mass is 227 g/mol. The van der Waals surface area contributed by atoms with E-state index in [4.69, 9.17) is 9.84 Å². The molecule has 3 nitrogen and oxygen atoms in total. The van der Waals surface area contributed by atoms with Crippen molar-refractivity contribution in [1.82, 2.24) is 4.98 Å². The minimum absolute atomic E-state index is 0.197. The number of hydrogen-bond acceptors (Lipinski definition) is 4. The molecule has 1 aromatic rings. The van der Waals surface area contributed by atoms with Gasteiger partial charge in [-0.3, -0.25) is 0 Å². The summed E-state index contributed by atoms with van der Waals surface area (Å²) in [5.41, 5.74) is 0. The molecule has 2 heterocycles. The molecule has 0 aromatic carbocycles. The van der Waals surface area contributed by atoms with E-state index in [9.17, 15) is 0 Å². The Morgan fingerprint density at radius 3 is 3.27 bits per heavy atom. The Balaban J connectivity index is 2.05. The molecule has 0 bridgehead atoms. The van der Waals surface area contributed by atoms with E-state index in [1.165, 1.54) is 16.3 Å². The maximum Gasteiger partial charge on any atom is 0.0981 e. The Labute approximate surface area is 94.1 Å². The normalized spacial score (nSPS) is 24.0. The second-order valence-corrected chi connectivity index (χ2v) is 5.19. The van der Waals surface area contributed by atoms with Crippen LogP contribution in [-0.4, -0.2) is 29.9 Å². The van der Waals surface area contributed by atoms with Crippen LogP contribution in [-0.2, 0) is 4.74 Å². The van der Waals surface area contributed by atoms with Crippen LogP contribution in [0.4, 0.5) is 0 Å². The highest BCUT2D eigenvalue weighted by Gasteiger charge is 2.20. The number of thiazole rings is 1. The predicted octanol–water partition coefficient (Wildman–Crippen LogP) is 2.13. The lowest BCUT2D eigenvalue weighted by Gasteiger charge is -2.19. The van der Waals surface area contributed by atoms with Crippen LogP contribution < -0.4 is 0 Å². The van der Waals surface area contributed by atoms with Crippen LogP contribution in [0.25, 0.3) is 0 Å². The minimum atomic E-state index is 0.197. The van der Waals surface area contributed by atoms with E-state index in [1.807, 2.05) is 13.1 Å². The maximum absolute atomic E-state index is 9.06. The quantitative estimate of drug-likeness (QED) is 0.860. The number of aliphatic hydroxyl groups is 1. The number of aromatic nitrogens is 1. The van der Waals surface area contributed by atoms with Gasteiger partial charge in [-0.05, 0) is 12.8 Å². The fourth-order valence-electron chi connectivity index (χ4n) is 1.74. The van der Waals surface area contributed by atoms with E-state index in [2.05, 4.69) is 4.98 Å². The van der Waals surface area contributed by atoms with E-state index in [1.54, 1.807) is 11.3 Å². The molecule has 84 valence electrons. The molecule has 1 aliphatic heterocycles. The largest absolute Gasteiger partial charge is 0.396 e. The number of nitrogens with zero attached hydrogens (tertiary/aromatic N) is 1. The van der Waals surface area contributed by atoms with Crippen molar-refractivity contribution in [1.29, 1.82) is 0 Å². The summed E-state index contributed by atoms with van der Waals surface area (Å²) in [4.78, 5) is 5.62. The summed E-state index contributed by atoms with van der Waals surface area (Å²) in [6, 6.07) is 0. The van der Waals surface area contributed by atoms with Gasteiger partial charge in [-0.15, -0.1) is 11.3 Å². The predicted molar refractivity (Wildman–Crippen MR) is 60.4 cm³/mol. The van der Waals surface area contributed by atoms with Crippen LogP contribution >= 0.6 is 11.3 Å². The van der Waals surface area contributed by atoms with E-state index in [-0.39, 0.29) is 12.5 Å². The molecule has 2 atom stereocenters. The second kappa shape index (κ2) is 5.05. The van der Waals surface area contributed by atoms with Crippen molar-refractivity contribution in [3.8, 4) is 0 Å². The van der Waals surface area contributed by atoms with Crippen molar-refractivity contribution in [3.63, 3.8) is 0 Å². The topological polar surface area (TPSA) is 42.4 Å². The lowest BCUT2D eigenvalue weighted by atomic mass is 10.0. The van der Waals surface area contributed by atoms with Gasteiger partial charge in [0.15, 0.2) is 0 Å². The summed E-state index contributed by atoms with van der Waals surface area (Å²) in [6.45, 7) is 3.92. The third kappa shape index (κ3) is 2.56. The fraction of sp³-hybridized carbons (Fsp3) is 0.727. The van der Waals surface area contributed by atoms with E-state index in [0.29, 0.717) is 5.92 Å². The molecule has 1 fully saturated rings. The third-order valence-corrected chi connectivity index (χ3v) is 4.20. The summed E-state index contributed by atoms with van der Waals surface area (Å²) in [6.07, 6.45) is 4.21. The van der Waals surface area contributed by atoms with Gasteiger partial charge in [0.2, 0.25) is 0 Å². The molecule has 0 spiro atoms. The number of rotatable bonds is 3. The van der Waals surface area contributed by atoms with Gasteiger partial charge >= 0.3 is 0 Å². The Bertz CT molecular complexity index is 307. The van der Waals surface area contributed by atoms with Crippen LogP contribution in [0.5, 0.6) is 0 Å². The highest BCUT2D eigenvalue weighted by atomic mass is 32.1. The van der Waals surface area contributed by atoms with E-state index in [0.717, 1.165) is 19.6 Å². The molecule has 1 N–H and O–H groups in total. The van der Waals surface area contributed by atoms with Crippen LogP contribution in [0.2, 0.25) is 0 Å². The molecule has 4 heteroatoms. The lowest BCUT2D eigenvalue weighted by molar-refractivity contribution is 0.0804. The van der Waals surface area contributed by atoms with Crippen LogP contribution in [0, 0.1) is 0 Å². The van der Waals surface area contributed by atoms with Crippen molar-refractivity contribution >= 4 is 11.3 Å². The zero-order valence-corrected chi connectivity index (χ0v) is 9.80. The summed E-state index contributed by atoms with van der Waals surface area (Å²) in [5, 5.41) is 10.2. The van der Waals surface area contributed by atoms with Gasteiger partial charge < -0.3 is 9.84 Å². The smallest absolute Gasteiger partial charge is 0.0981 e. The Morgan fingerprint density at radius 2 is 2.60 bits per heavy atom. The highest BCUT2D eigenvalue weighted by molar-refractivity contribution is 7.11. The number of ether oxygens (including phenoxy) is 1. The number of aliphatic hydroxyl groups excluding tert-OH is 1. The third-order valence-electron chi connectivity index (χ3n) is 2.81. The van der Waals surface area contributed by atoms with Crippen molar-refractivity contribution in [2.24, 2.45) is 0 Å². The SMILES string of the molecule is CC(CO)c1cnc(C2CCCOC2)s1. The summed E-state index contributed by atoms with van der Waals surface area (Å²) in [7, 11) is 0. The van der Waals surface area contributed by atoms with Gasteiger partial charge in [-0.25, -0.2) is 4.98 Å². The minimum Gasteiger partial charge on any atom is -0.396 e. The summed E-state index contributed by atoms with van der Waals surface area (Å²) < 4.78 is 5.45. The summed E-state index contributed by atoms with van der Waals surface area (Å²) in [5.74, 6) is 0.684. The first kappa shape index (κ1) is 11.0. The molecule has 0 aliphatic carbocycles. The standard InChI is InChI=1S/C11H17NO2S/c1-8(6-13)10-5-12-11(15-10)9-3-2-4-14-7-9/h5,8-9,13H,2-4,6-7H2,1H3. The molecular weight excluding hydrogens is 210 g/mol. The molecule has 1 aliphatic rings. The molecule has 15 heavy (non-hydrogen) atoms. The average Bonchev–Trinajstić information content (AvgIpc) is 2.78. The first-order valence-electron chi connectivity index (χ1n) is 5.45. The maximum atomic E-state index is 9.06. The van der Waals surface area contributed by atoms with Crippen LogP contribution in [0.15, 0.2) is 6.20 Å². The highest BCUT2D eigenvalue weighted by Crippen LogP contribution is 2.31. The van der Waals surface area contributed by atoms with Gasteiger partial charge in [0.1, 0.15) is 0 Å². The van der Waals surface area contributed by atoms with Crippen molar-refractivity contribution in [2.45, 2.75) is 31.6 Å². The zero-order valence-electron chi connectivity index (χ0n) is 8.98. The Morgan fingerprint density at radius 1 is 1.73 bits per heavy atom. The molecule has 2 unspecified atom stereocenters. The zero-order chi connectivity index (χ0) is 10.7. The van der Waals surface area contributed by atoms with Gasteiger partial charge in [-0.1, -0.05) is 6.92 Å². The van der Waals surface area contributed by atoms with Gasteiger partial charge in [0.25, 0.3) is 0 Å². The molecule has 1 aromatic heterocycles. The molecular formula is C11H17NO2S. The summed E-state index contributed by atoms with van der Waals surface area (Å²) >= 11 is 1.72. The van der Waals surface area contributed by atoms with E-state index >= 15 is 0 Å². The van der Waals surface area contributed by atoms with Crippen molar-refractivity contribution in [3.05, 3.63) is 16.1 Å². The van der Waals surface area contributed by atoms with Crippen molar-refractivity contribution in [2.75, 3.05) is 19.8 Å².